The molecule has 0 aliphatic carbocycles. The highest BCUT2D eigenvalue weighted by atomic mass is 19.1. The minimum atomic E-state index is -0.851. The highest BCUT2D eigenvalue weighted by molar-refractivity contribution is 5.91. The van der Waals surface area contributed by atoms with Crippen LogP contribution in [0.25, 0.3) is 0 Å². The summed E-state index contributed by atoms with van der Waals surface area (Å²) in [5.41, 5.74) is 2.52. The Balaban J connectivity index is 1.37. The predicted octanol–water partition coefficient (Wildman–Crippen LogP) is 3.12. The van der Waals surface area contributed by atoms with Crippen LogP contribution in [0.15, 0.2) is 78.9 Å². The number of halogens is 1. The topological polar surface area (TPSA) is 106 Å². The molecule has 2 saturated heterocycles. The van der Waals surface area contributed by atoms with Crippen LogP contribution in [0.4, 0.5) is 9.18 Å². The molecule has 0 radical (unpaired) electrons. The van der Waals surface area contributed by atoms with Crippen LogP contribution in [0, 0.1) is 5.82 Å². The molecule has 2 fully saturated rings. The largest absolute Gasteiger partial charge is 0.508 e. The van der Waals surface area contributed by atoms with Crippen LogP contribution in [0.2, 0.25) is 0 Å². The second kappa shape index (κ2) is 13.7. The lowest BCUT2D eigenvalue weighted by molar-refractivity contribution is -0.190. The lowest BCUT2D eigenvalue weighted by Crippen LogP contribution is -2.76. The summed E-state index contributed by atoms with van der Waals surface area (Å²) in [5, 5.41) is 16.0. The van der Waals surface area contributed by atoms with E-state index < -0.39 is 12.2 Å². The van der Waals surface area contributed by atoms with E-state index in [2.05, 4.69) is 5.32 Å². The Kier molecular flexibility index (Phi) is 9.53. The monoisotopic (exact) mass is 589 g/mol. The van der Waals surface area contributed by atoms with E-state index in [-0.39, 0.29) is 68.7 Å². The number of hydrogen-bond donors (Lipinski definition) is 2. The zero-order valence-corrected chi connectivity index (χ0v) is 24.1. The summed E-state index contributed by atoms with van der Waals surface area (Å²) in [6, 6.07) is 20.9. The zero-order valence-electron chi connectivity index (χ0n) is 24.1. The summed E-state index contributed by atoms with van der Waals surface area (Å²) in [7, 11) is 0. The fraction of sp³-hybridized carbons (Fsp3) is 0.344. The lowest BCUT2D eigenvalue weighted by Gasteiger charge is -2.55. The van der Waals surface area contributed by atoms with Gasteiger partial charge >= 0.3 is 6.03 Å². The number of carbonyl (C=O) groups excluding carboxylic acids is 3. The number of nitrogens with zero attached hydrogens (tertiary/aromatic N) is 4. The summed E-state index contributed by atoms with van der Waals surface area (Å²) in [6.45, 7) is 3.41. The van der Waals surface area contributed by atoms with Gasteiger partial charge in [0.05, 0.1) is 26.3 Å². The molecule has 2 aliphatic heterocycles. The van der Waals surface area contributed by atoms with Crippen molar-refractivity contribution in [2.45, 2.75) is 38.7 Å². The number of rotatable bonds is 10. The molecular formula is C32H36FN5O5. The average Bonchev–Trinajstić information content (AvgIpc) is 3.02. The molecule has 4 amide bonds. The first kappa shape index (κ1) is 30.0. The number of likely N-dealkylation sites (N-methyl/N-ethyl adjacent to an activating group) is 1. The van der Waals surface area contributed by atoms with Gasteiger partial charge in [0, 0.05) is 26.1 Å². The molecule has 0 unspecified atom stereocenters. The summed E-state index contributed by atoms with van der Waals surface area (Å²) in [6.07, 6.45) is -0.506. The zero-order chi connectivity index (χ0) is 30.3. The van der Waals surface area contributed by atoms with E-state index >= 15 is 0 Å². The second-order valence-electron chi connectivity index (χ2n) is 10.6. The predicted molar refractivity (Wildman–Crippen MR) is 157 cm³/mol. The molecule has 226 valence electrons. The van der Waals surface area contributed by atoms with Crippen molar-refractivity contribution in [2.24, 2.45) is 0 Å². The molecule has 2 atom stereocenters. The number of amides is 4. The Hall–Kier alpha value is -4.48. The van der Waals surface area contributed by atoms with Gasteiger partial charge in [0.1, 0.15) is 23.8 Å². The van der Waals surface area contributed by atoms with Crippen LogP contribution < -0.4 is 5.32 Å². The number of hydrogen-bond acceptors (Lipinski definition) is 6. The van der Waals surface area contributed by atoms with Gasteiger partial charge in [-0.2, -0.15) is 0 Å². The maximum absolute atomic E-state index is 13.9. The van der Waals surface area contributed by atoms with E-state index in [1.54, 1.807) is 56.2 Å². The third-order valence-corrected chi connectivity index (χ3v) is 7.74. The van der Waals surface area contributed by atoms with Crippen molar-refractivity contribution in [3.8, 4) is 5.75 Å². The number of urea groups is 1. The maximum atomic E-state index is 13.9. The maximum Gasteiger partial charge on any atom is 0.334 e. The Labute approximate surface area is 250 Å². The van der Waals surface area contributed by atoms with Crippen LogP contribution in [0.1, 0.15) is 23.6 Å². The smallest absolute Gasteiger partial charge is 0.334 e. The van der Waals surface area contributed by atoms with Crippen LogP contribution in [0.5, 0.6) is 5.75 Å². The van der Waals surface area contributed by atoms with Crippen molar-refractivity contribution >= 4 is 17.8 Å². The van der Waals surface area contributed by atoms with Gasteiger partial charge in [-0.15, -0.1) is 0 Å². The van der Waals surface area contributed by atoms with Gasteiger partial charge < -0.3 is 25.0 Å². The SMILES string of the molecule is CCN1CC(=O)N2[C@@H](Cc3ccc(O)cc3)C(=O)N(CCOCc3ccc(F)cc3)C[C@@H]2N1C(=O)NCc1ccccc1. The van der Waals surface area contributed by atoms with E-state index in [9.17, 15) is 23.9 Å². The number of fused-ring (bicyclic) bond motifs is 1. The molecule has 5 rings (SSSR count). The van der Waals surface area contributed by atoms with E-state index in [1.807, 2.05) is 37.3 Å². The van der Waals surface area contributed by atoms with Crippen LogP contribution in [-0.4, -0.2) is 87.8 Å². The number of nitrogens with one attached hydrogen (secondary N) is 1. The summed E-state index contributed by atoms with van der Waals surface area (Å²) >= 11 is 0. The van der Waals surface area contributed by atoms with E-state index in [0.717, 1.165) is 16.7 Å². The fourth-order valence-corrected chi connectivity index (χ4v) is 5.52. The molecule has 0 bridgehead atoms. The lowest BCUT2D eigenvalue weighted by atomic mass is 9.98. The normalized spacial score (nSPS) is 19.0. The Morgan fingerprint density at radius 3 is 2.37 bits per heavy atom. The molecule has 0 saturated carbocycles. The number of ether oxygens (including phenoxy) is 1. The summed E-state index contributed by atoms with van der Waals surface area (Å²) in [4.78, 5) is 44.3. The second-order valence-corrected chi connectivity index (χ2v) is 10.6. The minimum Gasteiger partial charge on any atom is -0.508 e. The highest BCUT2D eigenvalue weighted by Gasteiger charge is 2.51. The Bertz CT molecular complexity index is 1410. The van der Waals surface area contributed by atoms with Gasteiger partial charge in [0.2, 0.25) is 11.8 Å². The number of hydrazine groups is 1. The first-order chi connectivity index (χ1) is 20.8. The number of benzene rings is 3. The van der Waals surface area contributed by atoms with Gasteiger partial charge in [-0.1, -0.05) is 61.5 Å². The molecule has 10 nitrogen and oxygen atoms in total. The minimum absolute atomic E-state index is 0.0358. The van der Waals surface area contributed by atoms with E-state index in [0.29, 0.717) is 13.1 Å². The molecule has 2 aliphatic rings. The Morgan fingerprint density at radius 1 is 0.977 bits per heavy atom. The number of piperazine rings is 1. The van der Waals surface area contributed by atoms with Crippen molar-refractivity contribution in [2.75, 3.05) is 32.8 Å². The molecular weight excluding hydrogens is 553 g/mol. The van der Waals surface area contributed by atoms with E-state index in [1.165, 1.54) is 12.1 Å². The fourth-order valence-electron chi connectivity index (χ4n) is 5.52. The number of phenolic OH excluding ortho intramolecular Hbond substituents is 1. The van der Waals surface area contributed by atoms with Gasteiger partial charge in [-0.3, -0.25) is 9.59 Å². The molecule has 2 heterocycles. The summed E-state index contributed by atoms with van der Waals surface area (Å²) in [5.74, 6) is -0.696. The number of carbonyl (C=O) groups is 3. The van der Waals surface area contributed by atoms with Gasteiger partial charge in [0.25, 0.3) is 0 Å². The average molecular weight is 590 g/mol. The summed E-state index contributed by atoms with van der Waals surface area (Å²) < 4.78 is 19.1. The van der Waals surface area contributed by atoms with Crippen molar-refractivity contribution in [1.82, 2.24) is 25.1 Å². The number of phenols is 1. The highest BCUT2D eigenvalue weighted by Crippen LogP contribution is 2.28. The van der Waals surface area contributed by atoms with Crippen LogP contribution in [-0.2, 0) is 33.9 Å². The third kappa shape index (κ3) is 7.12. The number of aromatic hydroxyl groups is 1. The molecule has 0 spiro atoms. The standard InChI is InChI=1S/C32H36FN5O5/c1-2-36-21-30(40)37-28(18-23-10-14-27(39)15-11-23)31(41)35(16-17-43-22-25-8-12-26(33)13-9-25)20-29(37)38(36)32(42)34-19-24-6-4-3-5-7-24/h3-15,28-29,39H,2,16-22H2,1H3,(H,34,42)/t28-,29-/m0/s1. The quantitative estimate of drug-likeness (QED) is 0.352. The van der Waals surface area contributed by atoms with Crippen LogP contribution >= 0.6 is 0 Å². The van der Waals surface area contributed by atoms with Gasteiger partial charge in [0.15, 0.2) is 0 Å². The molecule has 0 aromatic heterocycles. The van der Waals surface area contributed by atoms with Gasteiger partial charge in [-0.25, -0.2) is 19.2 Å². The van der Waals surface area contributed by atoms with Crippen molar-refractivity contribution in [3.05, 3.63) is 101 Å². The molecule has 3 aromatic rings. The molecule has 11 heteroatoms. The first-order valence-electron chi connectivity index (χ1n) is 14.4. The van der Waals surface area contributed by atoms with Crippen LogP contribution in [0.3, 0.4) is 0 Å². The molecule has 2 N–H and O–H groups in total. The Morgan fingerprint density at radius 2 is 1.67 bits per heavy atom. The van der Waals surface area contributed by atoms with Gasteiger partial charge in [-0.05, 0) is 41.0 Å². The molecule has 3 aromatic carbocycles. The van der Waals surface area contributed by atoms with Crippen molar-refractivity contribution < 1.29 is 28.6 Å². The van der Waals surface area contributed by atoms with Crippen molar-refractivity contribution in [3.63, 3.8) is 0 Å². The van der Waals surface area contributed by atoms with Crippen molar-refractivity contribution in [1.29, 1.82) is 0 Å². The van der Waals surface area contributed by atoms with E-state index in [4.69, 9.17) is 4.74 Å². The molecule has 43 heavy (non-hydrogen) atoms. The third-order valence-electron chi connectivity index (χ3n) is 7.74. The first-order valence-corrected chi connectivity index (χ1v) is 14.4.